The van der Waals surface area contributed by atoms with Gasteiger partial charge in [-0.3, -0.25) is 0 Å². The molecule has 0 N–H and O–H groups in total. The van der Waals surface area contributed by atoms with Crippen LogP contribution in [0.15, 0.2) is 29.4 Å². The van der Waals surface area contributed by atoms with E-state index in [2.05, 4.69) is 36.3 Å². The van der Waals surface area contributed by atoms with Gasteiger partial charge in [0.15, 0.2) is 0 Å². The normalized spacial score (nSPS) is 28.2. The molecule has 1 aromatic carbocycles. The highest BCUT2D eigenvalue weighted by Gasteiger charge is 2.32. The van der Waals surface area contributed by atoms with Crippen molar-refractivity contribution in [1.82, 2.24) is 0 Å². The smallest absolute Gasteiger partial charge is 0.139 e. The van der Waals surface area contributed by atoms with Gasteiger partial charge in [0.05, 0.1) is 5.71 Å². The lowest BCUT2D eigenvalue weighted by molar-refractivity contribution is 0.0596. The molecule has 0 spiro atoms. The summed E-state index contributed by atoms with van der Waals surface area (Å²) >= 11 is 0. The molecule has 2 aliphatic rings. The van der Waals surface area contributed by atoms with Crippen LogP contribution in [0.4, 0.5) is 0 Å². The van der Waals surface area contributed by atoms with Gasteiger partial charge in [-0.25, -0.2) is 0 Å². The molecule has 2 nitrogen and oxygen atoms in total. The Morgan fingerprint density at radius 3 is 3.00 bits per heavy atom. The van der Waals surface area contributed by atoms with Crippen molar-refractivity contribution >= 4 is 5.71 Å². The van der Waals surface area contributed by atoms with Crippen LogP contribution >= 0.6 is 0 Å². The predicted octanol–water partition coefficient (Wildman–Crippen LogP) is 3.27. The van der Waals surface area contributed by atoms with Gasteiger partial charge in [0.1, 0.15) is 6.10 Å². The Hall–Kier alpha value is -1.31. The van der Waals surface area contributed by atoms with Gasteiger partial charge in [-0.05, 0) is 37.3 Å². The van der Waals surface area contributed by atoms with Gasteiger partial charge in [-0.1, -0.05) is 29.4 Å². The number of hydrogen-bond acceptors (Lipinski definition) is 2. The summed E-state index contributed by atoms with van der Waals surface area (Å²) in [4.78, 5) is 5.55. The van der Waals surface area contributed by atoms with Crippen molar-refractivity contribution in [3.05, 3.63) is 35.4 Å². The second-order valence-corrected chi connectivity index (χ2v) is 4.87. The van der Waals surface area contributed by atoms with E-state index in [4.69, 9.17) is 4.84 Å². The van der Waals surface area contributed by atoms with E-state index >= 15 is 0 Å². The highest BCUT2D eigenvalue weighted by molar-refractivity contribution is 5.83. The van der Waals surface area contributed by atoms with Gasteiger partial charge in [0.2, 0.25) is 0 Å². The Morgan fingerprint density at radius 1 is 1.31 bits per heavy atom. The van der Waals surface area contributed by atoms with Crippen LogP contribution < -0.4 is 0 Å². The minimum Gasteiger partial charge on any atom is -0.391 e. The molecule has 0 radical (unpaired) electrons. The number of oxime groups is 1. The number of nitrogens with zero attached hydrogens (tertiary/aromatic N) is 1. The Labute approximate surface area is 96.3 Å². The van der Waals surface area contributed by atoms with Gasteiger partial charge >= 0.3 is 0 Å². The summed E-state index contributed by atoms with van der Waals surface area (Å²) < 4.78 is 0. The number of rotatable bonds is 1. The van der Waals surface area contributed by atoms with E-state index in [0.717, 1.165) is 12.1 Å². The van der Waals surface area contributed by atoms with Gasteiger partial charge in [-0.2, -0.15) is 0 Å². The molecule has 1 aliphatic carbocycles. The van der Waals surface area contributed by atoms with Crippen LogP contribution in [0.3, 0.4) is 0 Å². The van der Waals surface area contributed by atoms with Crippen molar-refractivity contribution in [2.75, 3.05) is 0 Å². The first-order valence-corrected chi connectivity index (χ1v) is 6.11. The molecule has 3 rings (SSSR count). The average Bonchev–Trinajstić information content (AvgIpc) is 2.75. The summed E-state index contributed by atoms with van der Waals surface area (Å²) in [5, 5.41) is 4.08. The maximum absolute atomic E-state index is 5.55. The van der Waals surface area contributed by atoms with E-state index in [9.17, 15) is 0 Å². The van der Waals surface area contributed by atoms with Crippen LogP contribution in [0.1, 0.15) is 43.2 Å². The zero-order valence-corrected chi connectivity index (χ0v) is 9.65. The third-order valence-electron chi connectivity index (χ3n) is 3.71. The zero-order chi connectivity index (χ0) is 11.0. The van der Waals surface area contributed by atoms with Crippen molar-refractivity contribution in [3.8, 4) is 0 Å². The molecular weight excluding hydrogens is 198 g/mol. The molecule has 0 saturated heterocycles. The maximum Gasteiger partial charge on any atom is 0.139 e. The van der Waals surface area contributed by atoms with Crippen LogP contribution in [-0.2, 0) is 11.3 Å². The number of fused-ring (bicyclic) bond motifs is 1. The zero-order valence-electron chi connectivity index (χ0n) is 9.65. The Kier molecular flexibility index (Phi) is 2.43. The number of hydrogen-bond donors (Lipinski definition) is 0. The van der Waals surface area contributed by atoms with Crippen molar-refractivity contribution in [3.63, 3.8) is 0 Å². The highest BCUT2D eigenvalue weighted by Crippen LogP contribution is 2.37. The highest BCUT2D eigenvalue weighted by atomic mass is 16.6. The SMILES string of the molecule is CC1=NOC(C2CCCc3ccccc32)C1. The second-order valence-electron chi connectivity index (χ2n) is 4.87. The Bertz CT molecular complexity index is 424. The molecular formula is C14H17NO. The lowest BCUT2D eigenvalue weighted by Gasteiger charge is -2.28. The molecule has 0 saturated carbocycles. The quantitative estimate of drug-likeness (QED) is 0.704. The largest absolute Gasteiger partial charge is 0.391 e. The molecule has 1 heterocycles. The second kappa shape index (κ2) is 3.93. The van der Waals surface area contributed by atoms with Crippen LogP contribution in [0, 0.1) is 0 Å². The van der Waals surface area contributed by atoms with Gasteiger partial charge < -0.3 is 4.84 Å². The number of benzene rings is 1. The molecule has 0 fully saturated rings. The lowest BCUT2D eigenvalue weighted by atomic mass is 9.79. The molecule has 1 aromatic rings. The fourth-order valence-electron chi connectivity index (χ4n) is 2.92. The van der Waals surface area contributed by atoms with E-state index in [1.54, 1.807) is 0 Å². The summed E-state index contributed by atoms with van der Waals surface area (Å²) in [7, 11) is 0. The average molecular weight is 215 g/mol. The minimum absolute atomic E-state index is 0.279. The Balaban J connectivity index is 1.88. The third kappa shape index (κ3) is 1.62. The first-order valence-electron chi connectivity index (χ1n) is 6.11. The van der Waals surface area contributed by atoms with Gasteiger partial charge in [0, 0.05) is 12.3 Å². The monoisotopic (exact) mass is 215 g/mol. The summed E-state index contributed by atoms with van der Waals surface area (Å²) in [6.45, 7) is 2.05. The van der Waals surface area contributed by atoms with Crippen LogP contribution in [0.25, 0.3) is 0 Å². The first-order chi connectivity index (χ1) is 7.84. The fraction of sp³-hybridized carbons (Fsp3) is 0.500. The molecule has 2 heteroatoms. The number of aryl methyl sites for hydroxylation is 1. The first kappa shape index (κ1) is 9.88. The minimum atomic E-state index is 0.279. The molecule has 0 bridgehead atoms. The van der Waals surface area contributed by atoms with Crippen LogP contribution in [0.2, 0.25) is 0 Å². The van der Waals surface area contributed by atoms with E-state index in [1.165, 1.54) is 30.4 Å². The van der Waals surface area contributed by atoms with E-state index in [-0.39, 0.29) is 6.10 Å². The molecule has 1 aliphatic heterocycles. The van der Waals surface area contributed by atoms with Crippen LogP contribution in [0.5, 0.6) is 0 Å². The lowest BCUT2D eigenvalue weighted by Crippen LogP contribution is -2.23. The topological polar surface area (TPSA) is 21.6 Å². The summed E-state index contributed by atoms with van der Waals surface area (Å²) in [5.41, 5.74) is 4.13. The van der Waals surface area contributed by atoms with Gasteiger partial charge in [-0.15, -0.1) is 0 Å². The summed E-state index contributed by atoms with van der Waals surface area (Å²) in [5.74, 6) is 0.547. The molecule has 2 atom stereocenters. The summed E-state index contributed by atoms with van der Waals surface area (Å²) in [6, 6.07) is 8.79. The fourth-order valence-corrected chi connectivity index (χ4v) is 2.92. The van der Waals surface area contributed by atoms with Crippen molar-refractivity contribution in [2.24, 2.45) is 5.16 Å². The standard InChI is InChI=1S/C14H17NO/c1-10-9-14(16-15-10)13-8-4-6-11-5-2-3-7-12(11)13/h2-3,5,7,13-14H,4,6,8-9H2,1H3. The van der Waals surface area contributed by atoms with E-state index < -0.39 is 0 Å². The molecule has 2 unspecified atom stereocenters. The predicted molar refractivity (Wildman–Crippen MR) is 64.7 cm³/mol. The molecule has 16 heavy (non-hydrogen) atoms. The molecule has 84 valence electrons. The van der Waals surface area contributed by atoms with Crippen LogP contribution in [-0.4, -0.2) is 11.8 Å². The molecule has 0 amide bonds. The van der Waals surface area contributed by atoms with Crippen molar-refractivity contribution in [2.45, 2.75) is 44.6 Å². The van der Waals surface area contributed by atoms with Gasteiger partial charge in [0.25, 0.3) is 0 Å². The van der Waals surface area contributed by atoms with Crippen molar-refractivity contribution in [1.29, 1.82) is 0 Å². The van der Waals surface area contributed by atoms with Crippen molar-refractivity contribution < 1.29 is 4.84 Å². The molecule has 0 aromatic heterocycles. The Morgan fingerprint density at radius 2 is 2.19 bits per heavy atom. The maximum atomic E-state index is 5.55. The summed E-state index contributed by atoms with van der Waals surface area (Å²) in [6.07, 6.45) is 5.02. The van der Waals surface area contributed by atoms with E-state index in [0.29, 0.717) is 5.92 Å². The third-order valence-corrected chi connectivity index (χ3v) is 3.71. The van der Waals surface area contributed by atoms with E-state index in [1.807, 2.05) is 0 Å².